The number of benzene rings is 1. The highest BCUT2D eigenvalue weighted by Crippen LogP contribution is 2.25. The highest BCUT2D eigenvalue weighted by Gasteiger charge is 2.18. The molecule has 1 aromatic carbocycles. The van der Waals surface area contributed by atoms with Crippen LogP contribution in [0.5, 0.6) is 0 Å². The number of carbonyl (C=O) groups excluding carboxylic acids is 1. The fraction of sp³-hybridized carbons (Fsp3) is 0.222. The molecule has 7 heteroatoms. The van der Waals surface area contributed by atoms with Gasteiger partial charge in [-0.05, 0) is 31.5 Å². The van der Waals surface area contributed by atoms with E-state index in [4.69, 9.17) is 5.26 Å². The first kappa shape index (κ1) is 16.9. The third-order valence-electron chi connectivity index (χ3n) is 4.06. The van der Waals surface area contributed by atoms with Crippen LogP contribution < -0.4 is 10.5 Å². The molecule has 0 aliphatic heterocycles. The van der Waals surface area contributed by atoms with Crippen LogP contribution >= 0.6 is 11.3 Å². The van der Waals surface area contributed by atoms with Gasteiger partial charge in [-0.1, -0.05) is 18.2 Å². The zero-order chi connectivity index (χ0) is 18.0. The summed E-state index contributed by atoms with van der Waals surface area (Å²) < 4.78 is 1.30. The number of para-hydroxylation sites is 1. The Morgan fingerprint density at radius 1 is 1.32 bits per heavy atom. The number of nitriles is 1. The molecule has 1 amide bonds. The van der Waals surface area contributed by atoms with Gasteiger partial charge in [0.15, 0.2) is 0 Å². The summed E-state index contributed by atoms with van der Waals surface area (Å²) in [4.78, 5) is 32.8. The minimum Gasteiger partial charge on any atom is -0.297 e. The van der Waals surface area contributed by atoms with E-state index in [0.717, 1.165) is 10.4 Å². The monoisotopic (exact) mass is 352 g/mol. The lowest BCUT2D eigenvalue weighted by molar-refractivity contribution is -0.119. The number of aryl methyl sites for hydroxylation is 2. The number of hydrogen-bond acceptors (Lipinski definition) is 5. The molecular formula is C18H16N4O2S. The molecule has 2 aromatic heterocycles. The first-order valence-electron chi connectivity index (χ1n) is 7.70. The van der Waals surface area contributed by atoms with Crippen molar-refractivity contribution in [3.63, 3.8) is 0 Å². The van der Waals surface area contributed by atoms with E-state index in [1.54, 1.807) is 24.3 Å². The number of aromatic nitrogens is 2. The average Bonchev–Trinajstić information content (AvgIpc) is 2.91. The number of hydrogen-bond donors (Lipinski definition) is 0. The number of carbonyl (C=O) groups is 1. The minimum atomic E-state index is -0.333. The first-order chi connectivity index (χ1) is 12.0. The van der Waals surface area contributed by atoms with Crippen molar-refractivity contribution in [1.29, 1.82) is 5.26 Å². The van der Waals surface area contributed by atoms with Crippen molar-refractivity contribution in [3.8, 4) is 6.07 Å². The maximum Gasteiger partial charge on any atom is 0.262 e. The van der Waals surface area contributed by atoms with Crippen molar-refractivity contribution in [2.24, 2.45) is 0 Å². The van der Waals surface area contributed by atoms with Gasteiger partial charge in [0.1, 0.15) is 17.9 Å². The SMILES string of the molecule is Cc1sc2ncn(CC(=O)N(CC#N)c3ccccc3)c(=O)c2c1C. The molecule has 126 valence electrons. The molecular weight excluding hydrogens is 336 g/mol. The van der Waals surface area contributed by atoms with Gasteiger partial charge in [0.05, 0.1) is 17.8 Å². The predicted octanol–water partition coefficient (Wildman–Crippen LogP) is 2.63. The number of anilines is 1. The molecule has 0 saturated heterocycles. The van der Waals surface area contributed by atoms with Crippen LogP contribution in [0.1, 0.15) is 10.4 Å². The van der Waals surface area contributed by atoms with E-state index >= 15 is 0 Å². The molecule has 0 radical (unpaired) electrons. The smallest absolute Gasteiger partial charge is 0.262 e. The van der Waals surface area contributed by atoms with Crippen LogP contribution in [0.15, 0.2) is 41.5 Å². The number of thiophene rings is 1. The molecule has 0 aliphatic rings. The predicted molar refractivity (Wildman–Crippen MR) is 97.8 cm³/mol. The van der Waals surface area contributed by atoms with Gasteiger partial charge >= 0.3 is 0 Å². The van der Waals surface area contributed by atoms with Crippen LogP contribution in [0.3, 0.4) is 0 Å². The van der Waals surface area contributed by atoms with E-state index in [0.29, 0.717) is 15.9 Å². The van der Waals surface area contributed by atoms with Crippen molar-refractivity contribution in [2.45, 2.75) is 20.4 Å². The summed E-state index contributed by atoms with van der Waals surface area (Å²) in [5.74, 6) is -0.333. The lowest BCUT2D eigenvalue weighted by Crippen LogP contribution is -2.37. The van der Waals surface area contributed by atoms with Crippen molar-refractivity contribution in [3.05, 3.63) is 57.5 Å². The van der Waals surface area contributed by atoms with Crippen LogP contribution in [0.25, 0.3) is 10.2 Å². The number of amides is 1. The van der Waals surface area contributed by atoms with Gasteiger partial charge in [0.2, 0.25) is 5.91 Å². The van der Waals surface area contributed by atoms with Crippen LogP contribution in [0.4, 0.5) is 5.69 Å². The van der Waals surface area contributed by atoms with Crippen molar-refractivity contribution in [2.75, 3.05) is 11.4 Å². The summed E-state index contributed by atoms with van der Waals surface area (Å²) in [5, 5.41) is 9.58. The summed E-state index contributed by atoms with van der Waals surface area (Å²) in [6, 6.07) is 10.9. The quantitative estimate of drug-likeness (QED) is 0.676. The van der Waals surface area contributed by atoms with Crippen molar-refractivity contribution < 1.29 is 4.79 Å². The molecule has 3 rings (SSSR count). The summed E-state index contributed by atoms with van der Waals surface area (Å²) in [7, 11) is 0. The Balaban J connectivity index is 1.96. The van der Waals surface area contributed by atoms with E-state index in [9.17, 15) is 9.59 Å². The Bertz CT molecular complexity index is 1030. The van der Waals surface area contributed by atoms with Crippen molar-refractivity contribution >= 4 is 33.1 Å². The van der Waals surface area contributed by atoms with Crippen LogP contribution in [-0.4, -0.2) is 22.0 Å². The third-order valence-corrected chi connectivity index (χ3v) is 5.17. The number of fused-ring (bicyclic) bond motifs is 1. The van der Waals surface area contributed by atoms with E-state index in [2.05, 4.69) is 4.98 Å². The van der Waals surface area contributed by atoms with Crippen molar-refractivity contribution in [1.82, 2.24) is 9.55 Å². The molecule has 2 heterocycles. The third kappa shape index (κ3) is 3.16. The van der Waals surface area contributed by atoms with Gasteiger partial charge in [-0.15, -0.1) is 11.3 Å². The fourth-order valence-electron chi connectivity index (χ4n) is 2.62. The zero-order valence-electron chi connectivity index (χ0n) is 13.9. The Morgan fingerprint density at radius 2 is 2.04 bits per heavy atom. The molecule has 0 saturated carbocycles. The maximum absolute atomic E-state index is 12.7. The fourth-order valence-corrected chi connectivity index (χ4v) is 3.60. The Labute approximate surface area is 148 Å². The molecule has 0 N–H and O–H groups in total. The molecule has 0 bridgehead atoms. The highest BCUT2D eigenvalue weighted by molar-refractivity contribution is 7.18. The minimum absolute atomic E-state index is 0.0795. The summed E-state index contributed by atoms with van der Waals surface area (Å²) in [6.07, 6.45) is 1.40. The van der Waals surface area contributed by atoms with Crippen LogP contribution in [-0.2, 0) is 11.3 Å². The standard InChI is InChI=1S/C18H16N4O2S/c1-12-13(2)25-17-16(12)18(24)21(11-20-17)10-15(23)22(9-8-19)14-6-4-3-5-7-14/h3-7,11H,9-10H2,1-2H3. The van der Waals surface area contributed by atoms with E-state index in [1.165, 1.54) is 27.1 Å². The number of rotatable bonds is 4. The van der Waals surface area contributed by atoms with Crippen LogP contribution in [0, 0.1) is 25.2 Å². The molecule has 0 aliphatic carbocycles. The lowest BCUT2D eigenvalue weighted by atomic mass is 10.2. The normalized spacial score (nSPS) is 10.6. The summed E-state index contributed by atoms with van der Waals surface area (Å²) >= 11 is 1.47. The van der Waals surface area contributed by atoms with E-state index in [1.807, 2.05) is 26.0 Å². The summed E-state index contributed by atoms with van der Waals surface area (Å²) in [6.45, 7) is 3.59. The molecule has 0 unspecified atom stereocenters. The van der Waals surface area contributed by atoms with Gasteiger partial charge in [-0.25, -0.2) is 4.98 Å². The number of nitrogens with zero attached hydrogens (tertiary/aromatic N) is 4. The molecule has 0 spiro atoms. The lowest BCUT2D eigenvalue weighted by Gasteiger charge is -2.20. The second-order valence-corrected chi connectivity index (χ2v) is 6.82. The Hall–Kier alpha value is -2.98. The maximum atomic E-state index is 12.7. The Kier molecular flexibility index (Phi) is 4.63. The first-order valence-corrected chi connectivity index (χ1v) is 8.52. The zero-order valence-corrected chi connectivity index (χ0v) is 14.7. The summed E-state index contributed by atoms with van der Waals surface area (Å²) in [5.41, 5.74) is 1.29. The van der Waals surface area contributed by atoms with Crippen LogP contribution in [0.2, 0.25) is 0 Å². The van der Waals surface area contributed by atoms with Gasteiger partial charge in [-0.3, -0.25) is 19.1 Å². The molecule has 6 nitrogen and oxygen atoms in total. The van der Waals surface area contributed by atoms with Gasteiger partial charge in [0.25, 0.3) is 5.56 Å². The molecule has 25 heavy (non-hydrogen) atoms. The van der Waals surface area contributed by atoms with Gasteiger partial charge in [-0.2, -0.15) is 5.26 Å². The van der Waals surface area contributed by atoms with Gasteiger partial charge < -0.3 is 0 Å². The molecule has 0 atom stereocenters. The van der Waals surface area contributed by atoms with Gasteiger partial charge in [0, 0.05) is 10.6 Å². The average molecular weight is 352 g/mol. The Morgan fingerprint density at radius 3 is 2.72 bits per heavy atom. The second kappa shape index (κ2) is 6.87. The molecule has 3 aromatic rings. The van der Waals surface area contributed by atoms with E-state index < -0.39 is 0 Å². The van der Waals surface area contributed by atoms with E-state index in [-0.39, 0.29) is 24.6 Å². The molecule has 0 fully saturated rings. The highest BCUT2D eigenvalue weighted by atomic mass is 32.1. The largest absolute Gasteiger partial charge is 0.297 e. The topological polar surface area (TPSA) is 79.0 Å². The second-order valence-electron chi connectivity index (χ2n) is 5.61.